The van der Waals surface area contributed by atoms with E-state index in [1.54, 1.807) is 12.3 Å². The van der Waals surface area contributed by atoms with Crippen LogP contribution < -0.4 is 4.90 Å². The molecule has 5 heteroatoms. The van der Waals surface area contributed by atoms with Crippen molar-refractivity contribution >= 4 is 34.4 Å². The fourth-order valence-corrected chi connectivity index (χ4v) is 3.95. The number of hydrogen-bond donors (Lipinski definition) is 0. The van der Waals surface area contributed by atoms with Crippen LogP contribution in [0.2, 0.25) is 5.02 Å². The molecule has 0 unspecified atom stereocenters. The average Bonchev–Trinajstić information content (AvgIpc) is 2.90. The molecule has 34 heavy (non-hydrogen) atoms. The molecule has 5 rings (SSSR count). The molecule has 4 aromatic rings. The van der Waals surface area contributed by atoms with Crippen LogP contribution in [0.5, 0.6) is 0 Å². The molecule has 0 saturated heterocycles. The summed E-state index contributed by atoms with van der Waals surface area (Å²) in [7, 11) is 0. The minimum absolute atomic E-state index is 0.116. The molecule has 2 heterocycles. The number of allylic oxidation sites excluding steroid dienone is 2. The highest BCUT2D eigenvalue weighted by Gasteiger charge is 2.13. The SMILES string of the molecule is Fc1cc(N2C=C(c3ccnc(N=C(c4ccccc4)c4ccccc4)c3)C=CC2)ccc1Cl. The van der Waals surface area contributed by atoms with E-state index in [1.807, 2.05) is 96.0 Å². The van der Waals surface area contributed by atoms with Gasteiger partial charge in [-0.15, -0.1) is 0 Å². The van der Waals surface area contributed by atoms with E-state index in [2.05, 4.69) is 11.1 Å². The Morgan fingerprint density at radius 1 is 0.882 bits per heavy atom. The summed E-state index contributed by atoms with van der Waals surface area (Å²) in [6.45, 7) is 0.646. The Morgan fingerprint density at radius 3 is 2.26 bits per heavy atom. The molecule has 0 bridgehead atoms. The molecule has 0 radical (unpaired) electrons. The number of pyridine rings is 1. The lowest BCUT2D eigenvalue weighted by atomic mass is 10.0. The van der Waals surface area contributed by atoms with Crippen molar-refractivity contribution in [1.82, 2.24) is 4.98 Å². The molecule has 0 aliphatic carbocycles. The first-order valence-corrected chi connectivity index (χ1v) is 11.3. The van der Waals surface area contributed by atoms with Gasteiger partial charge in [0.2, 0.25) is 0 Å². The summed E-state index contributed by atoms with van der Waals surface area (Å²) in [4.78, 5) is 11.4. The van der Waals surface area contributed by atoms with Crippen molar-refractivity contribution in [2.45, 2.75) is 0 Å². The number of anilines is 1. The van der Waals surface area contributed by atoms with Crippen LogP contribution >= 0.6 is 11.6 Å². The van der Waals surface area contributed by atoms with Gasteiger partial charge in [-0.05, 0) is 41.5 Å². The van der Waals surface area contributed by atoms with E-state index in [9.17, 15) is 4.39 Å². The van der Waals surface area contributed by atoms with Crippen LogP contribution in [-0.4, -0.2) is 17.2 Å². The molecule has 1 aliphatic heterocycles. The summed E-state index contributed by atoms with van der Waals surface area (Å²) >= 11 is 5.85. The fourth-order valence-electron chi connectivity index (χ4n) is 3.83. The lowest BCUT2D eigenvalue weighted by molar-refractivity contribution is 0.628. The highest BCUT2D eigenvalue weighted by molar-refractivity contribution is 6.30. The molecule has 0 amide bonds. The smallest absolute Gasteiger partial charge is 0.153 e. The van der Waals surface area contributed by atoms with Gasteiger partial charge >= 0.3 is 0 Å². The topological polar surface area (TPSA) is 28.5 Å². The van der Waals surface area contributed by atoms with Gasteiger partial charge in [0.1, 0.15) is 5.82 Å². The second-order valence-electron chi connectivity index (χ2n) is 7.83. The first-order chi connectivity index (χ1) is 16.7. The van der Waals surface area contributed by atoms with Crippen molar-refractivity contribution in [1.29, 1.82) is 0 Å². The van der Waals surface area contributed by atoms with Gasteiger partial charge in [0, 0.05) is 35.8 Å². The molecule has 166 valence electrons. The summed E-state index contributed by atoms with van der Waals surface area (Å²) in [5.74, 6) is 0.183. The fraction of sp³-hybridized carbons (Fsp3) is 0.0345. The molecule has 1 aliphatic rings. The first-order valence-electron chi connectivity index (χ1n) is 10.9. The van der Waals surface area contributed by atoms with Crippen LogP contribution in [0.4, 0.5) is 15.9 Å². The van der Waals surface area contributed by atoms with Gasteiger partial charge in [-0.2, -0.15) is 0 Å². The number of nitrogens with zero attached hydrogens (tertiary/aromatic N) is 3. The molecule has 0 spiro atoms. The summed E-state index contributed by atoms with van der Waals surface area (Å²) in [5, 5.41) is 0.116. The van der Waals surface area contributed by atoms with E-state index in [0.717, 1.165) is 33.7 Å². The van der Waals surface area contributed by atoms with E-state index >= 15 is 0 Å². The Hall–Kier alpha value is -4.02. The highest BCUT2D eigenvalue weighted by Crippen LogP contribution is 2.28. The van der Waals surface area contributed by atoms with E-state index < -0.39 is 5.82 Å². The van der Waals surface area contributed by atoms with E-state index in [4.69, 9.17) is 16.6 Å². The quantitative estimate of drug-likeness (QED) is 0.286. The summed E-state index contributed by atoms with van der Waals surface area (Å²) in [5.41, 5.74) is 5.61. The van der Waals surface area contributed by atoms with E-state index in [1.165, 1.54) is 6.07 Å². The van der Waals surface area contributed by atoms with E-state index in [-0.39, 0.29) is 5.02 Å². The minimum Gasteiger partial charge on any atom is -0.343 e. The average molecular weight is 466 g/mol. The molecule has 3 aromatic carbocycles. The van der Waals surface area contributed by atoms with Crippen LogP contribution in [-0.2, 0) is 0 Å². The van der Waals surface area contributed by atoms with Crippen molar-refractivity contribution in [3.8, 4) is 0 Å². The van der Waals surface area contributed by atoms with Crippen molar-refractivity contribution < 1.29 is 4.39 Å². The Labute approximate surface area is 203 Å². The molecule has 3 nitrogen and oxygen atoms in total. The number of hydrogen-bond acceptors (Lipinski definition) is 3. The maximum atomic E-state index is 14.0. The van der Waals surface area contributed by atoms with Gasteiger partial charge in [0.05, 0.1) is 10.7 Å². The maximum Gasteiger partial charge on any atom is 0.153 e. The third-order valence-electron chi connectivity index (χ3n) is 5.53. The molecular formula is C29H21ClFN3. The predicted molar refractivity (Wildman–Crippen MR) is 138 cm³/mol. The molecule has 0 saturated carbocycles. The van der Waals surface area contributed by atoms with Gasteiger partial charge in [-0.1, -0.05) is 84.4 Å². The number of aliphatic imine (C=N–C) groups is 1. The molecule has 0 fully saturated rings. The zero-order valence-corrected chi connectivity index (χ0v) is 19.0. The van der Waals surface area contributed by atoms with Crippen LogP contribution in [0.1, 0.15) is 16.7 Å². The Balaban J connectivity index is 1.51. The van der Waals surface area contributed by atoms with E-state index in [0.29, 0.717) is 12.4 Å². The van der Waals surface area contributed by atoms with Crippen molar-refractivity contribution in [2.24, 2.45) is 4.99 Å². The normalized spacial score (nSPS) is 12.9. The maximum absolute atomic E-state index is 14.0. The van der Waals surface area contributed by atoms with Crippen molar-refractivity contribution in [3.05, 3.63) is 143 Å². The predicted octanol–water partition coefficient (Wildman–Crippen LogP) is 7.46. The lowest BCUT2D eigenvalue weighted by Crippen LogP contribution is -2.19. The van der Waals surface area contributed by atoms with Crippen LogP contribution in [0.3, 0.4) is 0 Å². The second-order valence-corrected chi connectivity index (χ2v) is 8.24. The number of benzene rings is 3. The van der Waals surface area contributed by atoms with Crippen LogP contribution in [0.15, 0.2) is 121 Å². The zero-order valence-electron chi connectivity index (χ0n) is 18.3. The summed E-state index contributed by atoms with van der Waals surface area (Å²) in [6.07, 6.45) is 7.86. The van der Waals surface area contributed by atoms with Crippen LogP contribution in [0, 0.1) is 5.82 Å². The Kier molecular flexibility index (Phi) is 6.32. The molecular weight excluding hydrogens is 445 g/mol. The first kappa shape index (κ1) is 21.8. The van der Waals surface area contributed by atoms with Gasteiger partial charge in [0.25, 0.3) is 0 Å². The monoisotopic (exact) mass is 465 g/mol. The minimum atomic E-state index is -0.432. The third-order valence-corrected chi connectivity index (χ3v) is 5.84. The van der Waals surface area contributed by atoms with Gasteiger partial charge in [-0.25, -0.2) is 14.4 Å². The molecule has 0 atom stereocenters. The van der Waals surface area contributed by atoms with Gasteiger partial charge in [0.15, 0.2) is 5.82 Å². The highest BCUT2D eigenvalue weighted by atomic mass is 35.5. The lowest BCUT2D eigenvalue weighted by Gasteiger charge is -2.23. The zero-order chi connectivity index (χ0) is 23.3. The number of rotatable bonds is 5. The molecule has 0 N–H and O–H groups in total. The summed E-state index contributed by atoms with van der Waals surface area (Å²) < 4.78 is 14.0. The Morgan fingerprint density at radius 2 is 1.59 bits per heavy atom. The van der Waals surface area contributed by atoms with Crippen molar-refractivity contribution in [2.75, 3.05) is 11.4 Å². The second kappa shape index (κ2) is 9.86. The summed E-state index contributed by atoms with van der Waals surface area (Å²) in [6, 6.07) is 28.9. The Bertz CT molecular complexity index is 1350. The van der Waals surface area contributed by atoms with Crippen molar-refractivity contribution in [3.63, 3.8) is 0 Å². The van der Waals surface area contributed by atoms with Gasteiger partial charge < -0.3 is 4.90 Å². The standard InChI is InChI=1S/C29H21ClFN3/c30-26-14-13-25(19-27(26)31)34-17-7-12-24(20-34)23-15-16-32-28(18-23)33-29(21-8-3-1-4-9-21)22-10-5-2-6-11-22/h1-16,18-20H,17H2. The molecule has 1 aromatic heterocycles. The number of aromatic nitrogens is 1. The van der Waals surface area contributed by atoms with Crippen LogP contribution in [0.25, 0.3) is 5.57 Å². The largest absolute Gasteiger partial charge is 0.343 e. The third kappa shape index (κ3) is 4.82. The van der Waals surface area contributed by atoms with Gasteiger partial charge in [-0.3, -0.25) is 0 Å². The number of halogens is 2.